The van der Waals surface area contributed by atoms with Gasteiger partial charge in [0.15, 0.2) is 12.2 Å². The maximum Gasteiger partial charge on any atom is 0.472 e. The molecule has 0 saturated carbocycles. The number of hydrogen-bond donors (Lipinski definition) is 3. The second-order valence-electron chi connectivity index (χ2n) is 21.5. The Labute approximate surface area is 467 Å². The predicted octanol–water partition coefficient (Wildman–Crippen LogP) is 15.5. The van der Waals surface area contributed by atoms with Crippen LogP contribution in [0.15, 0.2) is 0 Å². The molecule has 19 heteroatoms. The van der Waals surface area contributed by atoms with Crippen LogP contribution in [0.5, 0.6) is 0 Å². The SMILES string of the molecule is CCCCCCCCCCCCCCCCC(=O)O[C@H](COC(=O)CCCCCCCCC(C)C)COP(=O)(O)OC[C@@H](O)COP(=O)(O)OC[C@@H](COC(=O)CCCCCCCCC)OC(=O)CCCCCCCCC. The number of esters is 4. The van der Waals surface area contributed by atoms with Crippen LogP contribution in [0.3, 0.4) is 0 Å². The third-order valence-electron chi connectivity index (χ3n) is 13.3. The molecular formula is C58H112O17P2. The quantitative estimate of drug-likeness (QED) is 0.0222. The van der Waals surface area contributed by atoms with Crippen molar-refractivity contribution in [3.63, 3.8) is 0 Å². The van der Waals surface area contributed by atoms with Crippen LogP contribution in [0, 0.1) is 5.92 Å². The molecule has 0 aromatic carbocycles. The first-order valence-electron chi connectivity index (χ1n) is 30.6. The van der Waals surface area contributed by atoms with Crippen LogP contribution in [-0.4, -0.2) is 96.7 Å². The summed E-state index contributed by atoms with van der Waals surface area (Å²) in [5.41, 5.74) is 0. The van der Waals surface area contributed by atoms with Crippen LogP contribution < -0.4 is 0 Å². The van der Waals surface area contributed by atoms with Gasteiger partial charge in [-0.05, 0) is 31.6 Å². The summed E-state index contributed by atoms with van der Waals surface area (Å²) >= 11 is 0. The summed E-state index contributed by atoms with van der Waals surface area (Å²) in [5, 5.41) is 10.5. The number of carbonyl (C=O) groups is 4. The largest absolute Gasteiger partial charge is 0.472 e. The molecule has 0 aliphatic rings. The van der Waals surface area contributed by atoms with Crippen molar-refractivity contribution in [2.45, 2.75) is 303 Å². The minimum atomic E-state index is -4.94. The van der Waals surface area contributed by atoms with E-state index in [4.69, 9.17) is 37.0 Å². The van der Waals surface area contributed by atoms with E-state index in [9.17, 15) is 43.2 Å². The molecular weight excluding hydrogens is 1030 g/mol. The highest BCUT2D eigenvalue weighted by Gasteiger charge is 2.30. The molecule has 77 heavy (non-hydrogen) atoms. The standard InChI is InChI=1S/C58H112O17P2/c1-6-9-12-15-18-19-20-21-22-23-24-27-34-39-44-58(63)75-54(48-69-56(61)42-37-32-29-28-30-35-40-51(4)5)50-73-77(66,67)71-46-52(59)45-70-76(64,65)72-49-53(74-57(62)43-38-33-26-17-14-11-8-3)47-68-55(60)41-36-31-25-16-13-10-7-2/h51-54,59H,6-50H2,1-5H3,(H,64,65)(H,66,67)/t52-,53+,54+/m0/s1. The summed E-state index contributed by atoms with van der Waals surface area (Å²) < 4.78 is 67.5. The minimum Gasteiger partial charge on any atom is -0.462 e. The van der Waals surface area contributed by atoms with Crippen LogP contribution >= 0.6 is 15.6 Å². The highest BCUT2D eigenvalue weighted by Crippen LogP contribution is 2.45. The fourth-order valence-electron chi connectivity index (χ4n) is 8.52. The van der Waals surface area contributed by atoms with E-state index >= 15 is 0 Å². The zero-order chi connectivity index (χ0) is 57.1. The van der Waals surface area contributed by atoms with E-state index in [1.807, 2.05) is 0 Å². The number of unbranched alkanes of at least 4 members (excludes halogenated alkanes) is 30. The average molecular weight is 1140 g/mol. The van der Waals surface area contributed by atoms with Crippen molar-refractivity contribution in [3.05, 3.63) is 0 Å². The Morgan fingerprint density at radius 1 is 0.351 bits per heavy atom. The molecule has 0 fully saturated rings. The molecule has 456 valence electrons. The third kappa shape index (κ3) is 53.2. The second kappa shape index (κ2) is 52.2. The molecule has 0 saturated heterocycles. The Morgan fingerprint density at radius 3 is 0.883 bits per heavy atom. The molecule has 3 N–H and O–H groups in total. The molecule has 0 rings (SSSR count). The first kappa shape index (κ1) is 75.1. The van der Waals surface area contributed by atoms with E-state index < -0.39 is 97.5 Å². The minimum absolute atomic E-state index is 0.103. The van der Waals surface area contributed by atoms with E-state index in [1.165, 1.54) is 77.0 Å². The lowest BCUT2D eigenvalue weighted by molar-refractivity contribution is -0.161. The van der Waals surface area contributed by atoms with Crippen molar-refractivity contribution in [2.24, 2.45) is 5.92 Å². The first-order valence-corrected chi connectivity index (χ1v) is 33.6. The number of phosphoric ester groups is 2. The number of phosphoric acid groups is 2. The number of hydrogen-bond acceptors (Lipinski definition) is 15. The fourth-order valence-corrected chi connectivity index (χ4v) is 10.1. The van der Waals surface area contributed by atoms with Gasteiger partial charge < -0.3 is 33.8 Å². The highest BCUT2D eigenvalue weighted by atomic mass is 31.2. The molecule has 0 aliphatic carbocycles. The highest BCUT2D eigenvalue weighted by molar-refractivity contribution is 7.47. The van der Waals surface area contributed by atoms with Gasteiger partial charge in [0.25, 0.3) is 0 Å². The second-order valence-corrected chi connectivity index (χ2v) is 24.4. The molecule has 0 amide bonds. The number of carbonyl (C=O) groups excluding carboxylic acids is 4. The summed E-state index contributed by atoms with van der Waals surface area (Å²) in [6, 6.07) is 0. The van der Waals surface area contributed by atoms with Crippen molar-refractivity contribution in [1.29, 1.82) is 0 Å². The zero-order valence-corrected chi connectivity index (χ0v) is 50.9. The van der Waals surface area contributed by atoms with Crippen LogP contribution in [0.4, 0.5) is 0 Å². The summed E-state index contributed by atoms with van der Waals surface area (Å²) in [4.78, 5) is 71.6. The normalized spacial score (nSPS) is 14.4. The fraction of sp³-hybridized carbons (Fsp3) is 0.931. The van der Waals surface area contributed by atoms with Gasteiger partial charge in [-0.25, -0.2) is 9.13 Å². The molecule has 0 spiro atoms. The average Bonchev–Trinajstić information content (AvgIpc) is 3.39. The Bertz CT molecular complexity index is 1520. The van der Waals surface area contributed by atoms with E-state index in [0.717, 1.165) is 122 Å². The number of ether oxygens (including phenoxy) is 4. The molecule has 0 radical (unpaired) electrons. The van der Waals surface area contributed by atoms with E-state index in [1.54, 1.807) is 0 Å². The lowest BCUT2D eigenvalue weighted by atomic mass is 10.0. The van der Waals surface area contributed by atoms with Crippen LogP contribution in [0.2, 0.25) is 0 Å². The smallest absolute Gasteiger partial charge is 0.462 e. The molecule has 2 unspecified atom stereocenters. The van der Waals surface area contributed by atoms with Crippen molar-refractivity contribution < 1.29 is 80.2 Å². The van der Waals surface area contributed by atoms with Crippen LogP contribution in [0.1, 0.15) is 285 Å². The molecule has 0 bridgehead atoms. The first-order chi connectivity index (χ1) is 37.0. The lowest BCUT2D eigenvalue weighted by Gasteiger charge is -2.21. The van der Waals surface area contributed by atoms with Gasteiger partial charge in [-0.1, -0.05) is 234 Å². The van der Waals surface area contributed by atoms with Gasteiger partial charge in [0.05, 0.1) is 26.4 Å². The van der Waals surface area contributed by atoms with Crippen molar-refractivity contribution in [3.8, 4) is 0 Å². The van der Waals surface area contributed by atoms with E-state index in [0.29, 0.717) is 31.6 Å². The van der Waals surface area contributed by atoms with Gasteiger partial charge >= 0.3 is 39.5 Å². The van der Waals surface area contributed by atoms with Crippen molar-refractivity contribution >= 4 is 39.5 Å². The Balaban J connectivity index is 5.17. The molecule has 0 aromatic rings. The zero-order valence-electron chi connectivity index (χ0n) is 49.1. The molecule has 17 nitrogen and oxygen atoms in total. The van der Waals surface area contributed by atoms with E-state index in [-0.39, 0.29) is 25.7 Å². The maximum absolute atomic E-state index is 12.9. The number of aliphatic hydroxyl groups excluding tert-OH is 1. The van der Waals surface area contributed by atoms with Gasteiger partial charge in [0.2, 0.25) is 0 Å². The van der Waals surface area contributed by atoms with Crippen molar-refractivity contribution in [1.82, 2.24) is 0 Å². The van der Waals surface area contributed by atoms with E-state index in [2.05, 4.69) is 34.6 Å². The number of aliphatic hydroxyl groups is 1. The summed E-state index contributed by atoms with van der Waals surface area (Å²) in [7, 11) is -9.86. The maximum atomic E-state index is 12.9. The van der Waals surface area contributed by atoms with Gasteiger partial charge in [-0.2, -0.15) is 0 Å². The van der Waals surface area contributed by atoms with Gasteiger partial charge in [-0.15, -0.1) is 0 Å². The molecule has 5 atom stereocenters. The van der Waals surface area contributed by atoms with Gasteiger partial charge in [0, 0.05) is 25.7 Å². The third-order valence-corrected chi connectivity index (χ3v) is 15.2. The van der Waals surface area contributed by atoms with Gasteiger partial charge in [-0.3, -0.25) is 37.3 Å². The lowest BCUT2D eigenvalue weighted by Crippen LogP contribution is -2.30. The monoisotopic (exact) mass is 1140 g/mol. The predicted molar refractivity (Wildman–Crippen MR) is 303 cm³/mol. The topological polar surface area (TPSA) is 237 Å². The summed E-state index contributed by atoms with van der Waals surface area (Å²) in [5.74, 6) is -1.47. The Morgan fingerprint density at radius 2 is 0.597 bits per heavy atom. The summed E-state index contributed by atoms with van der Waals surface area (Å²) in [6.45, 7) is 6.98. The Kier molecular flexibility index (Phi) is 50.8. The molecule has 0 aromatic heterocycles. The number of rotatable bonds is 58. The Hall–Kier alpha value is -1.94. The summed E-state index contributed by atoms with van der Waals surface area (Å²) in [6.07, 6.45) is 33.8. The van der Waals surface area contributed by atoms with Crippen LogP contribution in [-0.2, 0) is 65.4 Å². The molecule has 0 aliphatic heterocycles. The van der Waals surface area contributed by atoms with Gasteiger partial charge in [0.1, 0.15) is 19.3 Å². The van der Waals surface area contributed by atoms with Crippen LogP contribution in [0.25, 0.3) is 0 Å². The van der Waals surface area contributed by atoms with Crippen molar-refractivity contribution in [2.75, 3.05) is 39.6 Å². The molecule has 0 heterocycles.